The van der Waals surface area contributed by atoms with Gasteiger partial charge in [0.05, 0.1) is 43.3 Å². The second kappa shape index (κ2) is 13.4. The van der Waals surface area contributed by atoms with Crippen LogP contribution in [0, 0.1) is 24.7 Å². The van der Waals surface area contributed by atoms with E-state index < -0.39 is 24.3 Å². The van der Waals surface area contributed by atoms with Gasteiger partial charge in [-0.25, -0.2) is 9.59 Å². The first-order valence-electron chi connectivity index (χ1n) is 11.2. The van der Waals surface area contributed by atoms with Crippen molar-refractivity contribution in [3.8, 4) is 0 Å². The summed E-state index contributed by atoms with van der Waals surface area (Å²) in [5.41, 5.74) is 1.61. The summed E-state index contributed by atoms with van der Waals surface area (Å²) in [5, 5.41) is 17.3. The average Bonchev–Trinajstić information content (AvgIpc) is 3.49. The lowest BCUT2D eigenvalue weighted by Crippen LogP contribution is -2.42. The van der Waals surface area contributed by atoms with E-state index in [1.807, 2.05) is 31.2 Å². The molecule has 2 aromatic rings. The SMILES string of the molecule is Cc1ncccc1NC(=O)[C@@H]1COC[C@H]2CN(Cc3ccco3)C[C@H]21.O=C(O)C(F)(F)F.O=C(O)C(F)(F)F. The zero-order valence-electron chi connectivity index (χ0n) is 20.3. The Morgan fingerprint density at radius 3 is 2.15 bits per heavy atom. The van der Waals surface area contributed by atoms with Crippen LogP contribution in [0.5, 0.6) is 0 Å². The normalized spacial score (nSPS) is 20.9. The third kappa shape index (κ3) is 9.86. The maximum Gasteiger partial charge on any atom is 0.490 e. The summed E-state index contributed by atoms with van der Waals surface area (Å²) in [5.74, 6) is -3.92. The molecule has 0 bridgehead atoms. The summed E-state index contributed by atoms with van der Waals surface area (Å²) in [6, 6.07) is 7.63. The summed E-state index contributed by atoms with van der Waals surface area (Å²) in [6.45, 7) is 5.75. The van der Waals surface area contributed by atoms with Crippen molar-refractivity contribution in [2.75, 3.05) is 31.6 Å². The molecular formula is C23H25F6N3O7. The molecule has 2 aromatic heterocycles. The van der Waals surface area contributed by atoms with Crippen LogP contribution >= 0.6 is 0 Å². The van der Waals surface area contributed by atoms with Gasteiger partial charge in [0.15, 0.2) is 0 Å². The Morgan fingerprint density at radius 1 is 1.03 bits per heavy atom. The summed E-state index contributed by atoms with van der Waals surface area (Å²) in [4.78, 5) is 37.2. The van der Waals surface area contributed by atoms with Gasteiger partial charge in [-0.1, -0.05) is 0 Å². The highest BCUT2D eigenvalue weighted by molar-refractivity contribution is 5.93. The van der Waals surface area contributed by atoms with Gasteiger partial charge in [-0.3, -0.25) is 14.7 Å². The first-order valence-corrected chi connectivity index (χ1v) is 11.2. The van der Waals surface area contributed by atoms with Crippen molar-refractivity contribution in [1.29, 1.82) is 0 Å². The van der Waals surface area contributed by atoms with Crippen molar-refractivity contribution >= 4 is 23.5 Å². The van der Waals surface area contributed by atoms with Gasteiger partial charge < -0.3 is 24.7 Å². The van der Waals surface area contributed by atoms with Crippen molar-refractivity contribution in [2.45, 2.75) is 25.8 Å². The van der Waals surface area contributed by atoms with Crippen LogP contribution in [0.4, 0.5) is 32.0 Å². The third-order valence-electron chi connectivity index (χ3n) is 5.76. The van der Waals surface area contributed by atoms with Gasteiger partial charge in [-0.05, 0) is 43.0 Å². The van der Waals surface area contributed by atoms with Crippen LogP contribution in [0.15, 0.2) is 41.1 Å². The Hall–Kier alpha value is -3.66. The van der Waals surface area contributed by atoms with Crippen LogP contribution < -0.4 is 5.32 Å². The fourth-order valence-corrected chi connectivity index (χ4v) is 3.95. The lowest BCUT2D eigenvalue weighted by molar-refractivity contribution is -0.193. The van der Waals surface area contributed by atoms with Crippen molar-refractivity contribution in [1.82, 2.24) is 9.88 Å². The number of hydrogen-bond donors (Lipinski definition) is 3. The molecular weight excluding hydrogens is 544 g/mol. The molecule has 10 nitrogen and oxygen atoms in total. The van der Waals surface area contributed by atoms with E-state index in [4.69, 9.17) is 29.0 Å². The van der Waals surface area contributed by atoms with Crippen molar-refractivity contribution in [2.24, 2.45) is 17.8 Å². The molecule has 2 aliphatic rings. The Bertz CT molecular complexity index is 1080. The highest BCUT2D eigenvalue weighted by Gasteiger charge is 2.44. The number of anilines is 1. The van der Waals surface area contributed by atoms with E-state index in [1.54, 1.807) is 12.5 Å². The number of likely N-dealkylation sites (tertiary alicyclic amines) is 1. The molecule has 0 unspecified atom stereocenters. The van der Waals surface area contributed by atoms with Gasteiger partial charge in [0.25, 0.3) is 0 Å². The zero-order valence-corrected chi connectivity index (χ0v) is 20.3. The number of aromatic nitrogens is 1. The van der Waals surface area contributed by atoms with E-state index in [1.165, 1.54) is 0 Å². The smallest absolute Gasteiger partial charge is 0.475 e. The van der Waals surface area contributed by atoms with Crippen molar-refractivity contribution in [3.63, 3.8) is 0 Å². The van der Waals surface area contributed by atoms with Gasteiger partial charge in [0.1, 0.15) is 5.76 Å². The lowest BCUT2D eigenvalue weighted by atomic mass is 9.82. The number of pyridine rings is 1. The number of carbonyl (C=O) groups excluding carboxylic acids is 1. The average molecular weight is 569 g/mol. The fourth-order valence-electron chi connectivity index (χ4n) is 3.95. The maximum atomic E-state index is 12.8. The van der Waals surface area contributed by atoms with Gasteiger partial charge in [0, 0.05) is 19.3 Å². The molecule has 2 aliphatic heterocycles. The number of furan rings is 1. The minimum atomic E-state index is -5.08. The predicted molar refractivity (Wildman–Crippen MR) is 120 cm³/mol. The number of hydrogen-bond acceptors (Lipinski definition) is 7. The van der Waals surface area contributed by atoms with Crippen LogP contribution in [0.1, 0.15) is 11.5 Å². The van der Waals surface area contributed by atoms with E-state index >= 15 is 0 Å². The molecule has 0 spiro atoms. The van der Waals surface area contributed by atoms with Crippen LogP contribution in [-0.4, -0.2) is 76.6 Å². The molecule has 2 fully saturated rings. The second-order valence-corrected chi connectivity index (χ2v) is 8.57. The molecule has 0 radical (unpaired) electrons. The molecule has 216 valence electrons. The van der Waals surface area contributed by atoms with Gasteiger partial charge in [-0.15, -0.1) is 0 Å². The molecule has 16 heteroatoms. The maximum absolute atomic E-state index is 12.8. The Kier molecular flexibility index (Phi) is 10.9. The van der Waals surface area contributed by atoms with E-state index in [0.29, 0.717) is 18.4 Å². The lowest BCUT2D eigenvalue weighted by Gasteiger charge is -2.32. The number of aliphatic carboxylic acids is 2. The van der Waals surface area contributed by atoms with Crippen LogP contribution in [0.25, 0.3) is 0 Å². The highest BCUT2D eigenvalue weighted by Crippen LogP contribution is 2.35. The number of rotatable bonds is 4. The van der Waals surface area contributed by atoms with Gasteiger partial charge in [0.2, 0.25) is 5.91 Å². The minimum absolute atomic E-state index is 0.0330. The number of carboxylic acids is 2. The minimum Gasteiger partial charge on any atom is -0.475 e. The topological polar surface area (TPSA) is 142 Å². The summed E-state index contributed by atoms with van der Waals surface area (Å²) in [7, 11) is 0. The third-order valence-corrected chi connectivity index (χ3v) is 5.76. The molecule has 2 saturated heterocycles. The monoisotopic (exact) mass is 569 g/mol. The first-order chi connectivity index (χ1) is 18.1. The number of nitrogens with zero attached hydrogens (tertiary/aromatic N) is 2. The molecule has 3 N–H and O–H groups in total. The quantitative estimate of drug-likeness (QED) is 0.471. The fraction of sp³-hybridized carbons (Fsp3) is 0.478. The van der Waals surface area contributed by atoms with Crippen molar-refractivity contribution < 1.29 is 60.1 Å². The number of amides is 1. The van der Waals surface area contributed by atoms with E-state index in [9.17, 15) is 31.1 Å². The molecule has 3 atom stereocenters. The van der Waals surface area contributed by atoms with Gasteiger partial charge in [-0.2, -0.15) is 26.3 Å². The van der Waals surface area contributed by atoms with E-state index in [0.717, 1.165) is 43.4 Å². The summed E-state index contributed by atoms with van der Waals surface area (Å²) >= 11 is 0. The van der Waals surface area contributed by atoms with Crippen molar-refractivity contribution in [3.05, 3.63) is 48.2 Å². The Morgan fingerprint density at radius 2 is 1.64 bits per heavy atom. The molecule has 0 saturated carbocycles. The molecule has 0 aromatic carbocycles. The second-order valence-electron chi connectivity index (χ2n) is 8.57. The van der Waals surface area contributed by atoms with Gasteiger partial charge >= 0.3 is 24.3 Å². The molecule has 0 aliphatic carbocycles. The number of halogens is 6. The number of nitrogens with one attached hydrogen (secondary N) is 1. The number of fused-ring (bicyclic) bond motifs is 1. The number of carbonyl (C=O) groups is 3. The molecule has 39 heavy (non-hydrogen) atoms. The van der Waals surface area contributed by atoms with E-state index in [2.05, 4.69) is 15.2 Å². The zero-order chi connectivity index (χ0) is 29.4. The van der Waals surface area contributed by atoms with Crippen LogP contribution in [0.2, 0.25) is 0 Å². The van der Waals surface area contributed by atoms with Crippen LogP contribution in [0.3, 0.4) is 0 Å². The number of alkyl halides is 6. The van der Waals surface area contributed by atoms with E-state index in [-0.39, 0.29) is 11.8 Å². The Labute approximate surface area is 217 Å². The Balaban J connectivity index is 0.000000317. The molecule has 4 heterocycles. The standard InChI is InChI=1S/C19H23N3O3.2C2HF3O2/c1-13-18(5-2-6-20-13)21-19(23)17-12-24-11-14-8-22(10-16(14)17)9-15-4-3-7-25-15;2*3-2(4,5)1(6)7/h2-7,14,16-17H,8-12H2,1H3,(H,21,23);2*(H,6,7)/t14-,16-,17-;;/m1../s1. The summed E-state index contributed by atoms with van der Waals surface area (Å²) < 4.78 is 74.7. The largest absolute Gasteiger partial charge is 0.490 e. The highest BCUT2D eigenvalue weighted by atomic mass is 19.4. The summed E-state index contributed by atoms with van der Waals surface area (Å²) in [6.07, 6.45) is -6.73. The number of carboxylic acid groups (broad SMARTS) is 2. The molecule has 4 rings (SSSR count). The molecule has 1 amide bonds. The number of aryl methyl sites for hydroxylation is 1. The van der Waals surface area contributed by atoms with Crippen LogP contribution in [-0.2, 0) is 25.7 Å². The first kappa shape index (κ1) is 31.6. The predicted octanol–water partition coefficient (Wildman–Crippen LogP) is 3.58. The number of ether oxygens (including phenoxy) is 1.